The zero-order chi connectivity index (χ0) is 13.6. The highest BCUT2D eigenvalue weighted by molar-refractivity contribution is 7.50. The van der Waals surface area contributed by atoms with E-state index >= 15 is 0 Å². The third-order valence-electron chi connectivity index (χ3n) is 1.89. The maximum Gasteiger partial charge on any atom is 0.440 e. The Labute approximate surface area is 104 Å². The van der Waals surface area contributed by atoms with Gasteiger partial charge in [0.25, 0.3) is 0 Å². The van der Waals surface area contributed by atoms with E-state index in [1.54, 1.807) is 30.3 Å². The Morgan fingerprint density at radius 3 is 2.56 bits per heavy atom. The van der Waals surface area contributed by atoms with Crippen molar-refractivity contribution in [3.63, 3.8) is 0 Å². The summed E-state index contributed by atoms with van der Waals surface area (Å²) in [4.78, 5) is 25.1. The Morgan fingerprint density at radius 2 is 2.00 bits per heavy atom. The Bertz CT molecular complexity index is 437. The molecule has 8 heteroatoms. The van der Waals surface area contributed by atoms with Gasteiger partial charge in [-0.3, -0.25) is 4.79 Å². The Kier molecular flexibility index (Phi) is 5.30. The van der Waals surface area contributed by atoms with E-state index in [2.05, 4.69) is 19.4 Å². The molecule has 100 valence electrons. The van der Waals surface area contributed by atoms with Crippen LogP contribution in [0.5, 0.6) is 5.75 Å². The van der Waals surface area contributed by atoms with E-state index in [0.717, 1.165) is 0 Å². The number of esters is 1. The number of ether oxygens (including phenoxy) is 1. The van der Waals surface area contributed by atoms with Crippen molar-refractivity contribution in [3.05, 3.63) is 30.3 Å². The fourth-order valence-electron chi connectivity index (χ4n) is 1.07. The highest BCUT2D eigenvalue weighted by Gasteiger charge is 2.28. The molecule has 0 spiro atoms. The molecule has 1 rings (SSSR count). The topological polar surface area (TPSA) is 94.1 Å². The van der Waals surface area contributed by atoms with Crippen LogP contribution in [0.1, 0.15) is 6.92 Å². The summed E-state index contributed by atoms with van der Waals surface area (Å²) >= 11 is 0. The molecule has 2 atom stereocenters. The zero-order valence-corrected chi connectivity index (χ0v) is 10.8. The molecule has 0 saturated carbocycles. The Balaban J connectivity index is 2.50. The number of para-hydroxylation sites is 1. The summed E-state index contributed by atoms with van der Waals surface area (Å²) < 4.78 is 20.3. The molecule has 0 aromatic heterocycles. The second kappa shape index (κ2) is 6.51. The first kappa shape index (κ1) is 14.7. The van der Waals surface area contributed by atoms with Gasteiger partial charge in [-0.05, 0) is 19.1 Å². The highest BCUT2D eigenvalue weighted by Crippen LogP contribution is 2.38. The second-order valence-corrected chi connectivity index (χ2v) is 4.81. The monoisotopic (exact) mass is 275 g/mol. The highest BCUT2D eigenvalue weighted by atomic mass is 31.2. The van der Waals surface area contributed by atoms with E-state index in [9.17, 15) is 14.3 Å². The van der Waals surface area contributed by atoms with Crippen LogP contribution in [0.2, 0.25) is 0 Å². The fourth-order valence-corrected chi connectivity index (χ4v) is 1.89. The van der Waals surface area contributed by atoms with Crippen molar-refractivity contribution < 1.29 is 28.6 Å². The van der Waals surface area contributed by atoms with Crippen LogP contribution in [0.25, 0.3) is 0 Å². The average molecular weight is 275 g/mol. The maximum absolute atomic E-state index is 11.5. The first-order valence-corrected chi connectivity index (χ1v) is 6.62. The van der Waals surface area contributed by atoms with Crippen LogP contribution in [-0.2, 0) is 18.8 Å². The average Bonchev–Trinajstić information content (AvgIpc) is 2.36. The second-order valence-electron chi connectivity index (χ2n) is 3.37. The predicted molar refractivity (Wildman–Crippen MR) is 62.6 cm³/mol. The van der Waals surface area contributed by atoms with Gasteiger partial charge in [-0.2, -0.15) is 0 Å². The van der Waals surface area contributed by atoms with Crippen LogP contribution >= 0.6 is 7.75 Å². The predicted octanol–water partition coefficient (Wildman–Crippen LogP) is 1.25. The summed E-state index contributed by atoms with van der Waals surface area (Å²) in [5.41, 5.74) is 0. The molecule has 0 fully saturated rings. The molecule has 1 unspecified atom stereocenters. The summed E-state index contributed by atoms with van der Waals surface area (Å²) in [7, 11) is -3.08. The zero-order valence-electron chi connectivity index (χ0n) is 9.90. The lowest BCUT2D eigenvalue weighted by molar-refractivity contribution is -0.143. The molecule has 2 N–H and O–H groups in total. The van der Waals surface area contributed by atoms with Crippen molar-refractivity contribution in [1.82, 2.24) is 5.09 Å². The standard InChI is InChI=1S/C10H14NO6P/c1-8(10(12)15-2)11-18(13,14)17-16-9-6-4-3-5-7-9/h3-8H,1-2H3,(H2,11,13,14)/t8-/m0/s1. The molecule has 0 heterocycles. The normalized spacial score (nSPS) is 15.5. The SMILES string of the molecule is COC(=O)[C@H](C)NP(=O)(O)OOc1ccccc1. The molecule has 0 bridgehead atoms. The van der Waals surface area contributed by atoms with Gasteiger partial charge in [0.15, 0.2) is 5.75 Å². The number of carbonyl (C=O) groups is 1. The van der Waals surface area contributed by atoms with Gasteiger partial charge in [0, 0.05) is 0 Å². The lowest BCUT2D eigenvalue weighted by Crippen LogP contribution is -2.33. The maximum atomic E-state index is 11.5. The van der Waals surface area contributed by atoms with Crippen LogP contribution in [0.15, 0.2) is 30.3 Å². The molecule has 0 aliphatic rings. The number of rotatable bonds is 6. The van der Waals surface area contributed by atoms with E-state index in [1.807, 2.05) is 0 Å². The van der Waals surface area contributed by atoms with E-state index in [1.165, 1.54) is 14.0 Å². The minimum Gasteiger partial charge on any atom is -0.468 e. The number of carbonyl (C=O) groups excluding carboxylic acids is 1. The minimum absolute atomic E-state index is 0.263. The molecule has 0 radical (unpaired) electrons. The third-order valence-corrected chi connectivity index (χ3v) is 2.88. The van der Waals surface area contributed by atoms with Crippen molar-refractivity contribution >= 4 is 13.7 Å². The molecule has 1 aromatic rings. The van der Waals surface area contributed by atoms with Crippen LogP contribution < -0.4 is 9.97 Å². The van der Waals surface area contributed by atoms with Gasteiger partial charge in [0.05, 0.1) is 7.11 Å². The van der Waals surface area contributed by atoms with Crippen molar-refractivity contribution in [2.24, 2.45) is 0 Å². The smallest absolute Gasteiger partial charge is 0.440 e. The van der Waals surface area contributed by atoms with Gasteiger partial charge < -0.3 is 14.5 Å². The van der Waals surface area contributed by atoms with Crippen molar-refractivity contribution in [2.75, 3.05) is 7.11 Å². The number of nitrogens with one attached hydrogen (secondary N) is 1. The lowest BCUT2D eigenvalue weighted by atomic mass is 10.3. The molecule has 0 amide bonds. The van der Waals surface area contributed by atoms with E-state index < -0.39 is 19.8 Å². The Hall–Kier alpha value is -1.40. The summed E-state index contributed by atoms with van der Waals surface area (Å²) in [6.45, 7) is 1.36. The molecule has 0 aliphatic heterocycles. The van der Waals surface area contributed by atoms with Crippen molar-refractivity contribution in [1.29, 1.82) is 0 Å². The van der Waals surface area contributed by atoms with Gasteiger partial charge in [-0.1, -0.05) is 22.9 Å². The molecular weight excluding hydrogens is 261 g/mol. The van der Waals surface area contributed by atoms with Crippen molar-refractivity contribution in [2.45, 2.75) is 13.0 Å². The van der Waals surface area contributed by atoms with Crippen LogP contribution in [0.3, 0.4) is 0 Å². The third kappa shape index (κ3) is 4.85. The quantitative estimate of drug-likeness (QED) is 0.349. The first-order chi connectivity index (χ1) is 8.44. The molecule has 7 nitrogen and oxygen atoms in total. The van der Waals surface area contributed by atoms with Crippen LogP contribution in [0, 0.1) is 0 Å². The Morgan fingerprint density at radius 1 is 1.39 bits per heavy atom. The molecule has 1 aromatic carbocycles. The molecule has 18 heavy (non-hydrogen) atoms. The molecule has 0 saturated heterocycles. The molecule has 0 aliphatic carbocycles. The van der Waals surface area contributed by atoms with E-state index in [4.69, 9.17) is 0 Å². The van der Waals surface area contributed by atoms with Crippen LogP contribution in [0.4, 0.5) is 0 Å². The number of benzene rings is 1. The summed E-state index contributed by atoms with van der Waals surface area (Å²) in [5, 5.41) is 2.07. The van der Waals surface area contributed by atoms with E-state index in [-0.39, 0.29) is 5.75 Å². The number of methoxy groups -OCH3 is 1. The summed E-state index contributed by atoms with van der Waals surface area (Å²) in [6.07, 6.45) is 0. The summed E-state index contributed by atoms with van der Waals surface area (Å²) in [5.74, 6) is -0.424. The lowest BCUT2D eigenvalue weighted by Gasteiger charge is -2.15. The number of hydrogen-bond acceptors (Lipinski definition) is 5. The van der Waals surface area contributed by atoms with Crippen molar-refractivity contribution in [3.8, 4) is 5.75 Å². The minimum atomic E-state index is -4.25. The van der Waals surface area contributed by atoms with Gasteiger partial charge >= 0.3 is 13.7 Å². The molecular formula is C10H14NO6P. The fraction of sp³-hybridized carbons (Fsp3) is 0.300. The van der Waals surface area contributed by atoms with Crippen LogP contribution in [-0.4, -0.2) is 24.0 Å². The van der Waals surface area contributed by atoms with Gasteiger partial charge in [0.2, 0.25) is 0 Å². The van der Waals surface area contributed by atoms with E-state index in [0.29, 0.717) is 0 Å². The largest absolute Gasteiger partial charge is 0.468 e. The van der Waals surface area contributed by atoms with Gasteiger partial charge in [-0.25, -0.2) is 9.65 Å². The van der Waals surface area contributed by atoms with Gasteiger partial charge in [0.1, 0.15) is 6.04 Å². The van der Waals surface area contributed by atoms with Gasteiger partial charge in [-0.15, -0.1) is 0 Å². The first-order valence-electron chi connectivity index (χ1n) is 5.04. The number of hydrogen-bond donors (Lipinski definition) is 2. The summed E-state index contributed by atoms with van der Waals surface area (Å²) in [6, 6.07) is 7.19.